The van der Waals surface area contributed by atoms with Crippen LogP contribution in [0.3, 0.4) is 0 Å². The minimum atomic E-state index is -1.35. The van der Waals surface area contributed by atoms with Gasteiger partial charge in [-0.1, -0.05) is 30.3 Å². The number of hydrogen-bond acceptors (Lipinski definition) is 6. The lowest BCUT2D eigenvalue weighted by Gasteiger charge is -2.17. The number of rotatable bonds is 6. The van der Waals surface area contributed by atoms with Gasteiger partial charge in [-0.3, -0.25) is 9.78 Å². The summed E-state index contributed by atoms with van der Waals surface area (Å²) in [6.45, 7) is -0.123. The number of hydrogen-bond donors (Lipinski definition) is 4. The molecule has 1 aromatic heterocycles. The van der Waals surface area contributed by atoms with E-state index in [0.717, 1.165) is 11.8 Å². The average Bonchev–Trinajstić information content (AvgIpc) is 2.58. The Kier molecular flexibility index (Phi) is 5.84. The Hall–Kier alpha value is -2.71. The first-order chi connectivity index (χ1) is 11.1. The molecule has 1 aromatic carbocycles. The van der Waals surface area contributed by atoms with E-state index >= 15 is 0 Å². The van der Waals surface area contributed by atoms with Crippen molar-refractivity contribution in [3.63, 3.8) is 0 Å². The summed E-state index contributed by atoms with van der Waals surface area (Å²) in [5.41, 5.74) is 0.510. The molecule has 0 fully saturated rings. The van der Waals surface area contributed by atoms with Crippen molar-refractivity contribution in [2.75, 3.05) is 6.54 Å². The highest BCUT2D eigenvalue weighted by atomic mass is 16.5. The molecule has 23 heavy (non-hydrogen) atoms. The molecule has 0 bridgehead atoms. The van der Waals surface area contributed by atoms with Crippen LogP contribution in [0, 0.1) is 0 Å². The molecule has 2 atom stereocenters. The van der Waals surface area contributed by atoms with Crippen LogP contribution in [-0.4, -0.2) is 38.9 Å². The van der Waals surface area contributed by atoms with Gasteiger partial charge in [0, 0.05) is 12.7 Å². The lowest BCUT2D eigenvalue weighted by atomic mass is 10.1. The summed E-state index contributed by atoms with van der Waals surface area (Å²) in [5.74, 6) is 0. The maximum atomic E-state index is 11.5. The van der Waals surface area contributed by atoms with Crippen LogP contribution in [0.2, 0.25) is 0 Å². The van der Waals surface area contributed by atoms with Gasteiger partial charge < -0.3 is 25.3 Å². The van der Waals surface area contributed by atoms with Crippen molar-refractivity contribution in [1.29, 1.82) is 0 Å². The maximum Gasteiger partial charge on any atom is 0.407 e. The Balaban J connectivity index is 1.76. The van der Waals surface area contributed by atoms with Crippen LogP contribution in [0.5, 0.6) is 0 Å². The molecule has 8 nitrogen and oxygen atoms in total. The Bertz CT molecular complexity index is 669. The van der Waals surface area contributed by atoms with E-state index < -0.39 is 23.9 Å². The van der Waals surface area contributed by atoms with Crippen molar-refractivity contribution in [3.05, 3.63) is 64.3 Å². The number of carbonyl (C=O) groups excluding carboxylic acids is 1. The van der Waals surface area contributed by atoms with Gasteiger partial charge in [0.25, 0.3) is 5.56 Å². The van der Waals surface area contributed by atoms with Crippen molar-refractivity contribution in [2.24, 2.45) is 0 Å². The molecular weight excluding hydrogens is 302 g/mol. The smallest absolute Gasteiger partial charge is 0.407 e. The topological polar surface area (TPSA) is 125 Å². The van der Waals surface area contributed by atoms with Gasteiger partial charge in [-0.15, -0.1) is 0 Å². The van der Waals surface area contributed by atoms with Gasteiger partial charge in [0.1, 0.15) is 18.8 Å². The second-order valence-electron chi connectivity index (χ2n) is 4.79. The SMILES string of the molecule is O=C(NCC(O)C(O)c1c[nH]c(=O)cn1)OCc1ccccc1. The van der Waals surface area contributed by atoms with Crippen molar-refractivity contribution >= 4 is 6.09 Å². The molecule has 2 aromatic rings. The Morgan fingerprint density at radius 2 is 2.04 bits per heavy atom. The molecule has 0 saturated heterocycles. The number of H-pyrrole nitrogens is 1. The number of aliphatic hydroxyl groups is 2. The van der Waals surface area contributed by atoms with Crippen LogP contribution in [0.1, 0.15) is 17.4 Å². The summed E-state index contributed by atoms with van der Waals surface area (Å²) in [4.78, 5) is 28.5. The molecule has 4 N–H and O–H groups in total. The molecule has 2 unspecified atom stereocenters. The van der Waals surface area contributed by atoms with E-state index in [1.54, 1.807) is 0 Å². The van der Waals surface area contributed by atoms with Gasteiger partial charge in [0.15, 0.2) is 0 Å². The summed E-state index contributed by atoms with van der Waals surface area (Å²) in [7, 11) is 0. The number of benzene rings is 1. The normalized spacial score (nSPS) is 13.1. The average molecular weight is 319 g/mol. The van der Waals surface area contributed by atoms with Gasteiger partial charge >= 0.3 is 6.09 Å². The highest BCUT2D eigenvalue weighted by Crippen LogP contribution is 2.11. The molecule has 8 heteroatoms. The highest BCUT2D eigenvalue weighted by Gasteiger charge is 2.20. The standard InChI is InChI=1S/C15H17N3O5/c19-12(14(21)11-6-17-13(20)8-16-11)7-18-15(22)23-9-10-4-2-1-3-5-10/h1-6,8,12,14,19,21H,7,9H2,(H,17,20)(H,18,22). The van der Waals surface area contributed by atoms with Crippen LogP contribution >= 0.6 is 0 Å². The fraction of sp³-hybridized carbons (Fsp3) is 0.267. The van der Waals surface area contributed by atoms with Crippen molar-refractivity contribution in [3.8, 4) is 0 Å². The lowest BCUT2D eigenvalue weighted by Crippen LogP contribution is -2.36. The van der Waals surface area contributed by atoms with Gasteiger partial charge in [-0.05, 0) is 5.56 Å². The van der Waals surface area contributed by atoms with E-state index in [1.807, 2.05) is 30.3 Å². The molecule has 0 aliphatic carbocycles. The van der Waals surface area contributed by atoms with Crippen LogP contribution in [0.15, 0.2) is 47.5 Å². The third-order valence-corrected chi connectivity index (χ3v) is 3.03. The Labute approximate surface area is 131 Å². The predicted molar refractivity (Wildman–Crippen MR) is 80.5 cm³/mol. The van der Waals surface area contributed by atoms with Crippen molar-refractivity contribution in [1.82, 2.24) is 15.3 Å². The molecular formula is C15H17N3O5. The molecule has 122 valence electrons. The number of carbonyl (C=O) groups is 1. The van der Waals surface area contributed by atoms with E-state index in [2.05, 4.69) is 15.3 Å². The summed E-state index contributed by atoms with van der Waals surface area (Å²) in [6.07, 6.45) is -1.16. The number of nitrogens with one attached hydrogen (secondary N) is 2. The van der Waals surface area contributed by atoms with Gasteiger partial charge in [0.2, 0.25) is 0 Å². The summed E-state index contributed by atoms with van der Waals surface area (Å²) in [6, 6.07) is 9.13. The molecule has 0 saturated carbocycles. The third-order valence-electron chi connectivity index (χ3n) is 3.03. The van der Waals surface area contributed by atoms with E-state index in [1.165, 1.54) is 6.20 Å². The summed E-state index contributed by atoms with van der Waals surface area (Å²) < 4.78 is 4.97. The number of amides is 1. The fourth-order valence-electron chi connectivity index (χ4n) is 1.79. The molecule has 0 spiro atoms. The van der Waals surface area contributed by atoms with E-state index in [4.69, 9.17) is 4.74 Å². The third kappa shape index (κ3) is 5.20. The zero-order valence-corrected chi connectivity index (χ0v) is 12.2. The first-order valence-corrected chi connectivity index (χ1v) is 6.91. The van der Waals surface area contributed by atoms with Crippen LogP contribution in [-0.2, 0) is 11.3 Å². The number of aliphatic hydroxyl groups excluding tert-OH is 2. The number of aromatic amines is 1. The largest absolute Gasteiger partial charge is 0.445 e. The van der Waals surface area contributed by atoms with Crippen molar-refractivity contribution < 1.29 is 19.7 Å². The Morgan fingerprint density at radius 1 is 1.30 bits per heavy atom. The second-order valence-corrected chi connectivity index (χ2v) is 4.79. The van der Waals surface area contributed by atoms with E-state index in [9.17, 15) is 19.8 Å². The number of aromatic nitrogens is 2. The monoisotopic (exact) mass is 319 g/mol. The van der Waals surface area contributed by atoms with Crippen LogP contribution in [0.4, 0.5) is 4.79 Å². The maximum absolute atomic E-state index is 11.5. The Morgan fingerprint density at radius 3 is 2.70 bits per heavy atom. The number of alkyl carbamates (subject to hydrolysis) is 1. The van der Waals surface area contributed by atoms with Gasteiger partial charge in [0.05, 0.1) is 11.9 Å². The zero-order chi connectivity index (χ0) is 16.7. The fourth-order valence-corrected chi connectivity index (χ4v) is 1.79. The van der Waals surface area contributed by atoms with E-state index in [-0.39, 0.29) is 18.8 Å². The van der Waals surface area contributed by atoms with Crippen molar-refractivity contribution in [2.45, 2.75) is 18.8 Å². The van der Waals surface area contributed by atoms with Gasteiger partial charge in [-0.25, -0.2) is 4.79 Å². The summed E-state index contributed by atoms with van der Waals surface area (Å²) in [5, 5.41) is 22.0. The second kappa shape index (κ2) is 8.06. The number of ether oxygens (including phenoxy) is 1. The molecule has 1 amide bonds. The molecule has 0 aliphatic heterocycles. The zero-order valence-electron chi connectivity index (χ0n) is 12.2. The quantitative estimate of drug-likeness (QED) is 0.598. The summed E-state index contributed by atoms with van der Waals surface area (Å²) >= 11 is 0. The first kappa shape index (κ1) is 16.7. The minimum Gasteiger partial charge on any atom is -0.445 e. The predicted octanol–water partition coefficient (Wildman–Crippen LogP) is 0.0906. The van der Waals surface area contributed by atoms with E-state index in [0.29, 0.717) is 0 Å². The van der Waals surface area contributed by atoms with Crippen LogP contribution in [0.25, 0.3) is 0 Å². The minimum absolute atomic E-state index is 0.0940. The first-order valence-electron chi connectivity index (χ1n) is 6.91. The molecule has 0 radical (unpaired) electrons. The van der Waals surface area contributed by atoms with Gasteiger partial charge in [-0.2, -0.15) is 0 Å². The molecule has 0 aliphatic rings. The number of nitrogens with zero attached hydrogens (tertiary/aromatic N) is 1. The van der Waals surface area contributed by atoms with Crippen LogP contribution < -0.4 is 10.9 Å². The molecule has 1 heterocycles. The molecule has 2 rings (SSSR count). The lowest BCUT2D eigenvalue weighted by molar-refractivity contribution is 0.0157. The highest BCUT2D eigenvalue weighted by molar-refractivity contribution is 5.67.